The number of nitrogens with zero attached hydrogens (tertiary/aromatic N) is 2. The lowest BCUT2D eigenvalue weighted by Gasteiger charge is -2.05. The van der Waals surface area contributed by atoms with Crippen LogP contribution in [0.3, 0.4) is 0 Å². The molecule has 1 atom stereocenters. The molecule has 2 aromatic heterocycles. The number of pyridine rings is 1. The molecule has 0 spiro atoms. The average Bonchev–Trinajstić information content (AvgIpc) is 2.47. The summed E-state index contributed by atoms with van der Waals surface area (Å²) >= 11 is 3.41. The molecule has 0 bridgehead atoms. The Kier molecular flexibility index (Phi) is 2.09. The fourth-order valence-corrected chi connectivity index (χ4v) is 1.62. The van der Waals surface area contributed by atoms with Crippen LogP contribution in [-0.2, 0) is 0 Å². The quantitative estimate of drug-likeness (QED) is 0.829. The number of nitrogens with two attached hydrogens (primary N) is 1. The molecule has 0 saturated heterocycles. The van der Waals surface area contributed by atoms with Crippen molar-refractivity contribution in [3.05, 3.63) is 34.7 Å². The summed E-state index contributed by atoms with van der Waals surface area (Å²) in [5.74, 6) is 0. The molecule has 2 N–H and O–H groups in total. The number of halogens is 1. The SMILES string of the molecule is CC(N)c1ccc2ncc(Br)n2c1. The Bertz CT molecular complexity index is 433. The van der Waals surface area contributed by atoms with Gasteiger partial charge < -0.3 is 5.73 Å². The van der Waals surface area contributed by atoms with Crippen LogP contribution in [0.5, 0.6) is 0 Å². The fraction of sp³-hybridized carbons (Fsp3) is 0.222. The zero-order valence-corrected chi connectivity index (χ0v) is 8.82. The van der Waals surface area contributed by atoms with Crippen LogP contribution in [0.25, 0.3) is 5.65 Å². The van der Waals surface area contributed by atoms with Crippen molar-refractivity contribution < 1.29 is 0 Å². The van der Waals surface area contributed by atoms with E-state index in [-0.39, 0.29) is 6.04 Å². The van der Waals surface area contributed by atoms with Crippen molar-refractivity contribution in [1.82, 2.24) is 9.38 Å². The first-order valence-corrected chi connectivity index (χ1v) is 4.86. The minimum Gasteiger partial charge on any atom is -0.324 e. The van der Waals surface area contributed by atoms with Crippen LogP contribution in [-0.4, -0.2) is 9.38 Å². The van der Waals surface area contributed by atoms with E-state index in [1.165, 1.54) is 0 Å². The van der Waals surface area contributed by atoms with Gasteiger partial charge in [0.2, 0.25) is 0 Å². The van der Waals surface area contributed by atoms with E-state index in [2.05, 4.69) is 20.9 Å². The van der Waals surface area contributed by atoms with Gasteiger partial charge >= 0.3 is 0 Å². The molecule has 1 unspecified atom stereocenters. The van der Waals surface area contributed by atoms with Crippen molar-refractivity contribution in [2.75, 3.05) is 0 Å². The van der Waals surface area contributed by atoms with Crippen LogP contribution < -0.4 is 5.73 Å². The lowest BCUT2D eigenvalue weighted by atomic mass is 10.2. The number of aromatic nitrogens is 2. The van der Waals surface area contributed by atoms with Gasteiger partial charge in [-0.3, -0.25) is 4.40 Å². The molecule has 0 aliphatic heterocycles. The number of imidazole rings is 1. The van der Waals surface area contributed by atoms with Crippen LogP contribution in [0, 0.1) is 0 Å². The minimum atomic E-state index is 0.0544. The maximum atomic E-state index is 5.77. The van der Waals surface area contributed by atoms with Crippen LogP contribution in [0.1, 0.15) is 18.5 Å². The Hall–Kier alpha value is -0.870. The van der Waals surface area contributed by atoms with Gasteiger partial charge in [-0.1, -0.05) is 6.07 Å². The molecule has 4 heteroatoms. The topological polar surface area (TPSA) is 43.3 Å². The lowest BCUT2D eigenvalue weighted by molar-refractivity contribution is 0.807. The third-order valence-electron chi connectivity index (χ3n) is 2.01. The zero-order valence-electron chi connectivity index (χ0n) is 7.24. The van der Waals surface area contributed by atoms with Gasteiger partial charge in [0, 0.05) is 12.2 Å². The molecule has 2 heterocycles. The van der Waals surface area contributed by atoms with E-state index in [0.717, 1.165) is 15.8 Å². The highest BCUT2D eigenvalue weighted by atomic mass is 79.9. The monoisotopic (exact) mass is 239 g/mol. The zero-order chi connectivity index (χ0) is 9.42. The maximum Gasteiger partial charge on any atom is 0.137 e. The highest BCUT2D eigenvalue weighted by Gasteiger charge is 2.03. The Balaban J connectivity index is 2.66. The summed E-state index contributed by atoms with van der Waals surface area (Å²) in [6, 6.07) is 4.02. The fourth-order valence-electron chi connectivity index (χ4n) is 1.24. The first kappa shape index (κ1) is 8.72. The Labute approximate surface area is 84.7 Å². The summed E-state index contributed by atoms with van der Waals surface area (Å²) in [7, 11) is 0. The van der Waals surface area contributed by atoms with Gasteiger partial charge in [-0.2, -0.15) is 0 Å². The molecule has 0 amide bonds. The highest BCUT2D eigenvalue weighted by molar-refractivity contribution is 9.10. The van der Waals surface area contributed by atoms with E-state index in [1.54, 1.807) is 6.20 Å². The smallest absolute Gasteiger partial charge is 0.137 e. The number of hydrogen-bond acceptors (Lipinski definition) is 2. The summed E-state index contributed by atoms with van der Waals surface area (Å²) < 4.78 is 2.92. The number of hydrogen-bond donors (Lipinski definition) is 1. The second-order valence-electron chi connectivity index (χ2n) is 3.06. The summed E-state index contributed by atoms with van der Waals surface area (Å²) in [6.45, 7) is 1.96. The predicted octanol–water partition coefficient (Wildman–Crippen LogP) is 2.12. The summed E-state index contributed by atoms with van der Waals surface area (Å²) in [6.07, 6.45) is 3.78. The van der Waals surface area contributed by atoms with Crippen molar-refractivity contribution in [1.29, 1.82) is 0 Å². The van der Waals surface area contributed by atoms with Crippen LogP contribution >= 0.6 is 15.9 Å². The van der Waals surface area contributed by atoms with Gasteiger partial charge in [0.25, 0.3) is 0 Å². The first-order valence-electron chi connectivity index (χ1n) is 4.06. The maximum absolute atomic E-state index is 5.77. The van der Waals surface area contributed by atoms with Gasteiger partial charge in [-0.05, 0) is 34.5 Å². The van der Waals surface area contributed by atoms with Crippen LogP contribution in [0.4, 0.5) is 0 Å². The highest BCUT2D eigenvalue weighted by Crippen LogP contribution is 2.16. The molecule has 0 radical (unpaired) electrons. The summed E-state index contributed by atoms with van der Waals surface area (Å²) in [5, 5.41) is 0. The Morgan fingerprint density at radius 2 is 2.31 bits per heavy atom. The molecule has 0 aromatic carbocycles. The first-order chi connectivity index (χ1) is 6.18. The van der Waals surface area contributed by atoms with Crippen molar-refractivity contribution in [2.45, 2.75) is 13.0 Å². The normalized spacial score (nSPS) is 13.5. The van der Waals surface area contributed by atoms with Gasteiger partial charge in [0.15, 0.2) is 0 Å². The second-order valence-corrected chi connectivity index (χ2v) is 3.87. The van der Waals surface area contributed by atoms with Gasteiger partial charge in [-0.15, -0.1) is 0 Å². The van der Waals surface area contributed by atoms with Crippen LogP contribution in [0.15, 0.2) is 29.1 Å². The molecule has 2 rings (SSSR count). The summed E-state index contributed by atoms with van der Waals surface area (Å²) in [4.78, 5) is 4.19. The average molecular weight is 240 g/mol. The van der Waals surface area contributed by atoms with E-state index in [0.29, 0.717) is 0 Å². The van der Waals surface area contributed by atoms with Gasteiger partial charge in [0.1, 0.15) is 10.3 Å². The summed E-state index contributed by atoms with van der Waals surface area (Å²) in [5.41, 5.74) is 7.80. The third kappa shape index (κ3) is 1.47. The molecule has 0 aliphatic carbocycles. The molecule has 2 aromatic rings. The van der Waals surface area contributed by atoms with E-state index in [9.17, 15) is 0 Å². The van der Waals surface area contributed by atoms with E-state index >= 15 is 0 Å². The Morgan fingerprint density at radius 1 is 1.54 bits per heavy atom. The van der Waals surface area contributed by atoms with Crippen molar-refractivity contribution in [3.8, 4) is 0 Å². The van der Waals surface area contributed by atoms with Crippen molar-refractivity contribution in [2.24, 2.45) is 5.73 Å². The van der Waals surface area contributed by atoms with E-state index in [1.807, 2.05) is 29.7 Å². The van der Waals surface area contributed by atoms with Crippen molar-refractivity contribution >= 4 is 21.6 Å². The van der Waals surface area contributed by atoms with Crippen LogP contribution in [0.2, 0.25) is 0 Å². The van der Waals surface area contributed by atoms with Gasteiger partial charge in [0.05, 0.1) is 6.20 Å². The lowest BCUT2D eigenvalue weighted by Crippen LogP contribution is -2.05. The molecule has 68 valence electrons. The standard InChI is InChI=1S/C9H10BrN3/c1-6(11)7-2-3-9-12-4-8(10)13(9)5-7/h2-6H,11H2,1H3. The predicted molar refractivity (Wildman–Crippen MR) is 55.5 cm³/mol. The van der Waals surface area contributed by atoms with E-state index in [4.69, 9.17) is 5.73 Å². The second kappa shape index (κ2) is 3.12. The third-order valence-corrected chi connectivity index (χ3v) is 2.60. The molecule has 0 aliphatic rings. The molecular formula is C9H10BrN3. The number of fused-ring (bicyclic) bond motifs is 1. The Morgan fingerprint density at radius 3 is 3.00 bits per heavy atom. The molecule has 0 saturated carbocycles. The molecule has 3 nitrogen and oxygen atoms in total. The molecule has 0 fully saturated rings. The van der Waals surface area contributed by atoms with Gasteiger partial charge in [-0.25, -0.2) is 4.98 Å². The largest absolute Gasteiger partial charge is 0.324 e. The van der Waals surface area contributed by atoms with E-state index < -0.39 is 0 Å². The molecular weight excluding hydrogens is 230 g/mol. The number of rotatable bonds is 1. The van der Waals surface area contributed by atoms with Crippen molar-refractivity contribution in [3.63, 3.8) is 0 Å². The molecule has 13 heavy (non-hydrogen) atoms. The minimum absolute atomic E-state index is 0.0544.